The van der Waals surface area contributed by atoms with E-state index < -0.39 is 46.1 Å². The summed E-state index contributed by atoms with van der Waals surface area (Å²) in [6.07, 6.45) is -1.84. The van der Waals surface area contributed by atoms with Gasteiger partial charge in [0.15, 0.2) is 0 Å². The van der Waals surface area contributed by atoms with Gasteiger partial charge in [0.1, 0.15) is 23.8 Å². The number of anilines is 2. The lowest BCUT2D eigenvalue weighted by atomic mass is 10.0. The molecular formula is C23H24F2N4O7S. The van der Waals surface area contributed by atoms with Gasteiger partial charge in [0, 0.05) is 24.6 Å². The van der Waals surface area contributed by atoms with Gasteiger partial charge in [-0.25, -0.2) is 31.5 Å². The Bertz CT molecular complexity index is 1350. The Labute approximate surface area is 211 Å². The Hall–Kier alpha value is -3.78. The van der Waals surface area contributed by atoms with E-state index in [9.17, 15) is 22.8 Å². The fourth-order valence-electron chi connectivity index (χ4n) is 3.96. The van der Waals surface area contributed by atoms with Crippen LogP contribution in [0.2, 0.25) is 0 Å². The van der Waals surface area contributed by atoms with Crippen LogP contribution < -0.4 is 19.8 Å². The molecule has 0 spiro atoms. The summed E-state index contributed by atoms with van der Waals surface area (Å²) >= 11 is 0. The highest BCUT2D eigenvalue weighted by molar-refractivity contribution is 7.88. The monoisotopic (exact) mass is 538 g/mol. The average molecular weight is 539 g/mol. The molecule has 2 aromatic carbocycles. The number of hydrogen-bond donors (Lipinski definition) is 2. The van der Waals surface area contributed by atoms with Gasteiger partial charge in [-0.1, -0.05) is 0 Å². The number of halogens is 2. The van der Waals surface area contributed by atoms with Crippen LogP contribution in [-0.4, -0.2) is 71.2 Å². The summed E-state index contributed by atoms with van der Waals surface area (Å²) in [5.74, 6) is -1.86. The summed E-state index contributed by atoms with van der Waals surface area (Å²) < 4.78 is 65.1. The summed E-state index contributed by atoms with van der Waals surface area (Å²) in [6, 6.07) is 7.65. The minimum atomic E-state index is -3.48. The number of amides is 3. The summed E-state index contributed by atoms with van der Waals surface area (Å²) in [5, 5.41) is 2.55. The third-order valence-electron chi connectivity index (χ3n) is 5.72. The molecule has 11 nitrogen and oxygen atoms in total. The summed E-state index contributed by atoms with van der Waals surface area (Å²) in [7, 11) is -3.48. The minimum Gasteiger partial charge on any atom is -0.443 e. The number of cyclic esters (lactones) is 2. The van der Waals surface area contributed by atoms with Crippen molar-refractivity contribution in [3.8, 4) is 11.1 Å². The van der Waals surface area contributed by atoms with Gasteiger partial charge >= 0.3 is 12.2 Å². The SMILES string of the molecule is CC(=O)NC[C@H]1CN(c2ccc(-c3ccc(N4C[C@@H](CNS(C)(=O)=O)OC4=O)cc3F)c(F)c2)C(=O)O1. The lowest BCUT2D eigenvalue weighted by Crippen LogP contribution is -2.34. The maximum atomic E-state index is 15.0. The predicted molar refractivity (Wildman–Crippen MR) is 129 cm³/mol. The maximum Gasteiger partial charge on any atom is 0.414 e. The molecule has 2 fully saturated rings. The Morgan fingerprint density at radius 2 is 1.38 bits per heavy atom. The highest BCUT2D eigenvalue weighted by Gasteiger charge is 2.34. The van der Waals surface area contributed by atoms with E-state index in [0.717, 1.165) is 23.3 Å². The second-order valence-corrected chi connectivity index (χ2v) is 10.5. The van der Waals surface area contributed by atoms with Crippen molar-refractivity contribution in [2.75, 3.05) is 42.2 Å². The first-order valence-corrected chi connectivity index (χ1v) is 13.1. The van der Waals surface area contributed by atoms with Crippen molar-refractivity contribution in [3.63, 3.8) is 0 Å². The van der Waals surface area contributed by atoms with Gasteiger partial charge in [0.25, 0.3) is 0 Å². The van der Waals surface area contributed by atoms with Crippen LogP contribution in [0.5, 0.6) is 0 Å². The van der Waals surface area contributed by atoms with Crippen molar-refractivity contribution in [3.05, 3.63) is 48.0 Å². The minimum absolute atomic E-state index is 0.00192. The molecule has 0 aliphatic carbocycles. The largest absolute Gasteiger partial charge is 0.443 e. The normalized spacial score (nSPS) is 19.7. The van der Waals surface area contributed by atoms with E-state index in [1.807, 2.05) is 0 Å². The Balaban J connectivity index is 1.47. The molecule has 2 saturated heterocycles. The van der Waals surface area contributed by atoms with Gasteiger partial charge in [0.05, 0.1) is 37.3 Å². The second kappa shape index (κ2) is 10.3. The number of hydrogen-bond acceptors (Lipinski definition) is 7. The molecule has 2 aromatic rings. The molecule has 3 amide bonds. The molecule has 2 aliphatic rings. The summed E-state index contributed by atoms with van der Waals surface area (Å²) in [6.45, 7) is 1.43. The van der Waals surface area contributed by atoms with Gasteiger partial charge in [-0.15, -0.1) is 0 Å². The number of carbonyl (C=O) groups is 3. The van der Waals surface area contributed by atoms with E-state index in [1.165, 1.54) is 36.1 Å². The van der Waals surface area contributed by atoms with Crippen LogP contribution in [0, 0.1) is 11.6 Å². The van der Waals surface area contributed by atoms with Gasteiger partial charge in [0.2, 0.25) is 15.9 Å². The Morgan fingerprint density at radius 1 is 0.919 bits per heavy atom. The molecule has 0 radical (unpaired) electrons. The zero-order chi connectivity index (χ0) is 26.9. The van der Waals surface area contributed by atoms with Crippen LogP contribution in [0.1, 0.15) is 6.92 Å². The quantitative estimate of drug-likeness (QED) is 0.525. The van der Waals surface area contributed by atoms with Crippen LogP contribution in [0.25, 0.3) is 11.1 Å². The summed E-state index contributed by atoms with van der Waals surface area (Å²) in [4.78, 5) is 37.8. The fraction of sp³-hybridized carbons (Fsp3) is 0.348. The van der Waals surface area contributed by atoms with Crippen molar-refractivity contribution >= 4 is 39.5 Å². The van der Waals surface area contributed by atoms with Crippen LogP contribution in [0.15, 0.2) is 36.4 Å². The molecule has 4 rings (SSSR count). The smallest absolute Gasteiger partial charge is 0.414 e. The molecule has 2 aliphatic heterocycles. The van der Waals surface area contributed by atoms with E-state index in [0.29, 0.717) is 0 Å². The predicted octanol–water partition coefficient (Wildman–Crippen LogP) is 1.97. The first kappa shape index (κ1) is 26.3. The molecule has 0 aromatic heterocycles. The van der Waals surface area contributed by atoms with Gasteiger partial charge < -0.3 is 14.8 Å². The molecular weight excluding hydrogens is 514 g/mol. The number of ether oxygens (including phenoxy) is 2. The van der Waals surface area contributed by atoms with Gasteiger partial charge in [-0.2, -0.15) is 0 Å². The lowest BCUT2D eigenvalue weighted by Gasteiger charge is -2.16. The fourth-order valence-corrected chi connectivity index (χ4v) is 4.45. The van der Waals surface area contributed by atoms with E-state index in [2.05, 4.69) is 10.0 Å². The van der Waals surface area contributed by atoms with Crippen molar-refractivity contribution in [2.24, 2.45) is 0 Å². The number of rotatable bonds is 8. The van der Waals surface area contributed by atoms with Crippen molar-refractivity contribution in [1.82, 2.24) is 10.0 Å². The first-order valence-electron chi connectivity index (χ1n) is 11.2. The van der Waals surface area contributed by atoms with Crippen LogP contribution in [0.4, 0.5) is 29.7 Å². The zero-order valence-corrected chi connectivity index (χ0v) is 20.7. The number of benzene rings is 2. The third kappa shape index (κ3) is 6.14. The molecule has 2 atom stereocenters. The van der Waals surface area contributed by atoms with E-state index in [4.69, 9.17) is 9.47 Å². The van der Waals surface area contributed by atoms with Gasteiger partial charge in [-0.3, -0.25) is 14.6 Å². The first-order chi connectivity index (χ1) is 17.4. The molecule has 14 heteroatoms. The van der Waals surface area contributed by atoms with E-state index in [-0.39, 0.29) is 54.6 Å². The van der Waals surface area contributed by atoms with Crippen molar-refractivity contribution in [1.29, 1.82) is 0 Å². The molecule has 198 valence electrons. The number of carbonyl (C=O) groups excluding carboxylic acids is 3. The van der Waals surface area contributed by atoms with E-state index >= 15 is 8.78 Å². The van der Waals surface area contributed by atoms with Gasteiger partial charge in [-0.05, 0) is 36.4 Å². The molecule has 0 saturated carbocycles. The second-order valence-electron chi connectivity index (χ2n) is 8.62. The Morgan fingerprint density at radius 3 is 1.78 bits per heavy atom. The molecule has 0 bridgehead atoms. The van der Waals surface area contributed by atoms with Crippen LogP contribution in [0.3, 0.4) is 0 Å². The molecule has 2 N–H and O–H groups in total. The molecule has 2 heterocycles. The zero-order valence-electron chi connectivity index (χ0n) is 19.9. The lowest BCUT2D eigenvalue weighted by molar-refractivity contribution is -0.119. The summed E-state index contributed by atoms with van der Waals surface area (Å²) in [5.41, 5.74) is 0.245. The Kier molecular flexibility index (Phi) is 7.32. The van der Waals surface area contributed by atoms with Crippen LogP contribution in [-0.2, 0) is 24.3 Å². The van der Waals surface area contributed by atoms with Crippen molar-refractivity contribution in [2.45, 2.75) is 19.1 Å². The topological polar surface area (TPSA) is 134 Å². The molecule has 0 unspecified atom stereocenters. The van der Waals surface area contributed by atoms with E-state index in [1.54, 1.807) is 0 Å². The van der Waals surface area contributed by atoms with Crippen LogP contribution >= 0.6 is 0 Å². The third-order valence-corrected chi connectivity index (χ3v) is 6.41. The standard InChI is InChI=1S/C23H24F2N4O7S/c1-13(30)26-9-16-11-28(22(31)35-16)14-3-5-18(20(24)7-14)19-6-4-15(8-21(19)25)29-12-17(36-23(29)32)10-27-37(2,33)34/h3-8,16-17,27H,9-12H2,1-2H3,(H,26,30)/t16-,17+/m0/s1. The highest BCUT2D eigenvalue weighted by Crippen LogP contribution is 2.33. The van der Waals surface area contributed by atoms with Crippen molar-refractivity contribution < 1.29 is 41.1 Å². The maximum absolute atomic E-state index is 15.0. The number of sulfonamides is 1. The highest BCUT2D eigenvalue weighted by atomic mass is 32.2. The number of nitrogens with zero attached hydrogens (tertiary/aromatic N) is 2. The average Bonchev–Trinajstić information content (AvgIpc) is 3.38. The molecule has 37 heavy (non-hydrogen) atoms. The number of nitrogens with one attached hydrogen (secondary N) is 2.